The molecule has 0 saturated heterocycles. The fourth-order valence-electron chi connectivity index (χ4n) is 3.61. The molecule has 2 aliphatic carbocycles. The molecule has 120 valence electrons. The van der Waals surface area contributed by atoms with Crippen LogP contribution in [-0.2, 0) is 4.79 Å². The fraction of sp³-hybridized carbons (Fsp3) is 0.875. The van der Waals surface area contributed by atoms with Gasteiger partial charge in [0, 0.05) is 19.6 Å². The van der Waals surface area contributed by atoms with E-state index in [1.165, 1.54) is 32.1 Å². The van der Waals surface area contributed by atoms with Crippen LogP contribution >= 0.6 is 0 Å². The highest BCUT2D eigenvalue weighted by atomic mass is 16.4. The quantitative estimate of drug-likeness (QED) is 0.838. The van der Waals surface area contributed by atoms with E-state index in [-0.39, 0.29) is 18.0 Å². The number of carboxylic acids is 1. The van der Waals surface area contributed by atoms with Crippen molar-refractivity contribution in [1.29, 1.82) is 0 Å². The first-order valence-corrected chi connectivity index (χ1v) is 8.30. The molecule has 2 fully saturated rings. The SMILES string of the molecule is CN(CC1CCCCC1)C(=O)NC1CCC(C(=O)O)CC1. The lowest BCUT2D eigenvalue weighted by Gasteiger charge is -2.31. The number of nitrogens with one attached hydrogen (secondary N) is 1. The Morgan fingerprint density at radius 2 is 1.67 bits per heavy atom. The lowest BCUT2D eigenvalue weighted by molar-refractivity contribution is -0.142. The number of carboxylic acid groups (broad SMARTS) is 1. The van der Waals surface area contributed by atoms with Gasteiger partial charge in [0.2, 0.25) is 0 Å². The van der Waals surface area contributed by atoms with Crippen LogP contribution in [0.5, 0.6) is 0 Å². The van der Waals surface area contributed by atoms with E-state index < -0.39 is 5.97 Å². The summed E-state index contributed by atoms with van der Waals surface area (Å²) in [6.07, 6.45) is 9.29. The van der Waals surface area contributed by atoms with Crippen molar-refractivity contribution < 1.29 is 14.7 Å². The van der Waals surface area contributed by atoms with Crippen molar-refractivity contribution >= 4 is 12.0 Å². The molecule has 0 aromatic rings. The second kappa shape index (κ2) is 7.66. The van der Waals surface area contributed by atoms with E-state index in [1.54, 1.807) is 4.90 Å². The number of rotatable bonds is 4. The number of urea groups is 1. The number of nitrogens with zero attached hydrogens (tertiary/aromatic N) is 1. The number of hydrogen-bond acceptors (Lipinski definition) is 2. The predicted octanol–water partition coefficient (Wildman–Crippen LogP) is 2.85. The molecule has 0 aliphatic heterocycles. The molecule has 2 N–H and O–H groups in total. The Balaban J connectivity index is 1.70. The van der Waals surface area contributed by atoms with Crippen LogP contribution in [0.1, 0.15) is 57.8 Å². The molecule has 0 aromatic heterocycles. The first-order chi connectivity index (χ1) is 10.1. The maximum atomic E-state index is 12.2. The molecule has 0 radical (unpaired) electrons. The molecular weight excluding hydrogens is 268 g/mol. The van der Waals surface area contributed by atoms with Gasteiger partial charge in [-0.3, -0.25) is 4.79 Å². The Morgan fingerprint density at radius 3 is 2.24 bits per heavy atom. The van der Waals surface area contributed by atoms with Crippen LogP contribution in [0.3, 0.4) is 0 Å². The first-order valence-electron chi connectivity index (χ1n) is 8.30. The van der Waals surface area contributed by atoms with Gasteiger partial charge >= 0.3 is 12.0 Å². The third kappa shape index (κ3) is 4.90. The zero-order valence-corrected chi connectivity index (χ0v) is 13.0. The van der Waals surface area contributed by atoms with Gasteiger partial charge in [0.25, 0.3) is 0 Å². The highest BCUT2D eigenvalue weighted by Crippen LogP contribution is 2.25. The van der Waals surface area contributed by atoms with Crippen molar-refractivity contribution in [3.8, 4) is 0 Å². The lowest BCUT2D eigenvalue weighted by atomic mass is 9.86. The summed E-state index contributed by atoms with van der Waals surface area (Å²) in [5.41, 5.74) is 0. The largest absolute Gasteiger partial charge is 0.481 e. The summed E-state index contributed by atoms with van der Waals surface area (Å²) < 4.78 is 0. The van der Waals surface area contributed by atoms with Crippen LogP contribution in [0.2, 0.25) is 0 Å². The molecule has 0 spiro atoms. The molecule has 0 aromatic carbocycles. The van der Waals surface area contributed by atoms with E-state index in [4.69, 9.17) is 5.11 Å². The number of carbonyl (C=O) groups excluding carboxylic acids is 1. The van der Waals surface area contributed by atoms with Gasteiger partial charge in [0.1, 0.15) is 0 Å². The number of carbonyl (C=O) groups is 2. The smallest absolute Gasteiger partial charge is 0.317 e. The normalized spacial score (nSPS) is 27.1. The molecule has 5 heteroatoms. The molecule has 0 bridgehead atoms. The third-order valence-corrected chi connectivity index (χ3v) is 5.01. The number of amides is 2. The van der Waals surface area contributed by atoms with E-state index >= 15 is 0 Å². The van der Waals surface area contributed by atoms with E-state index in [0.29, 0.717) is 18.8 Å². The van der Waals surface area contributed by atoms with Gasteiger partial charge in [-0.15, -0.1) is 0 Å². The van der Waals surface area contributed by atoms with Gasteiger partial charge in [-0.25, -0.2) is 4.79 Å². The van der Waals surface area contributed by atoms with Crippen LogP contribution in [0, 0.1) is 11.8 Å². The zero-order chi connectivity index (χ0) is 15.2. The summed E-state index contributed by atoms with van der Waals surface area (Å²) in [5.74, 6) is -0.274. The maximum Gasteiger partial charge on any atom is 0.317 e. The summed E-state index contributed by atoms with van der Waals surface area (Å²) in [6, 6.07) is 0.140. The predicted molar refractivity (Wildman–Crippen MR) is 81.1 cm³/mol. The first kappa shape index (κ1) is 16.1. The second-order valence-corrected chi connectivity index (χ2v) is 6.72. The van der Waals surface area contributed by atoms with Crippen molar-refractivity contribution in [1.82, 2.24) is 10.2 Å². The van der Waals surface area contributed by atoms with E-state index in [2.05, 4.69) is 5.32 Å². The number of hydrogen-bond donors (Lipinski definition) is 2. The summed E-state index contributed by atoms with van der Waals surface area (Å²) in [7, 11) is 1.87. The van der Waals surface area contributed by atoms with E-state index in [0.717, 1.165) is 19.4 Å². The molecule has 0 unspecified atom stereocenters. The molecule has 21 heavy (non-hydrogen) atoms. The minimum Gasteiger partial charge on any atom is -0.481 e. The average molecular weight is 296 g/mol. The molecule has 2 rings (SSSR count). The van der Waals surface area contributed by atoms with Gasteiger partial charge in [-0.2, -0.15) is 0 Å². The zero-order valence-electron chi connectivity index (χ0n) is 13.0. The van der Waals surface area contributed by atoms with Crippen LogP contribution in [0.15, 0.2) is 0 Å². The minimum atomic E-state index is -0.700. The maximum absolute atomic E-state index is 12.2. The molecule has 0 heterocycles. The van der Waals surface area contributed by atoms with Gasteiger partial charge in [0.05, 0.1) is 5.92 Å². The third-order valence-electron chi connectivity index (χ3n) is 5.01. The highest BCUT2D eigenvalue weighted by molar-refractivity contribution is 5.74. The Kier molecular flexibility index (Phi) is 5.88. The average Bonchev–Trinajstić information content (AvgIpc) is 2.48. The Bertz CT molecular complexity index is 359. The van der Waals surface area contributed by atoms with Crippen molar-refractivity contribution in [2.24, 2.45) is 11.8 Å². The standard InChI is InChI=1S/C16H28N2O3/c1-18(11-12-5-3-2-4-6-12)16(21)17-14-9-7-13(8-10-14)15(19)20/h12-14H,2-11H2,1H3,(H,17,21)(H,19,20). The molecule has 5 nitrogen and oxygen atoms in total. The van der Waals surface area contributed by atoms with Gasteiger partial charge in [-0.05, 0) is 44.4 Å². The van der Waals surface area contributed by atoms with Gasteiger partial charge in [0.15, 0.2) is 0 Å². The summed E-state index contributed by atoms with van der Waals surface area (Å²) in [4.78, 5) is 24.9. The van der Waals surface area contributed by atoms with Crippen molar-refractivity contribution in [3.63, 3.8) is 0 Å². The van der Waals surface area contributed by atoms with Crippen molar-refractivity contribution in [2.45, 2.75) is 63.8 Å². The highest BCUT2D eigenvalue weighted by Gasteiger charge is 2.27. The van der Waals surface area contributed by atoms with E-state index in [1.807, 2.05) is 7.05 Å². The van der Waals surface area contributed by atoms with Crippen molar-refractivity contribution in [2.75, 3.05) is 13.6 Å². The van der Waals surface area contributed by atoms with Crippen molar-refractivity contribution in [3.05, 3.63) is 0 Å². The summed E-state index contributed by atoms with van der Waals surface area (Å²) in [6.45, 7) is 0.844. The topological polar surface area (TPSA) is 69.6 Å². The van der Waals surface area contributed by atoms with Crippen LogP contribution < -0.4 is 5.32 Å². The van der Waals surface area contributed by atoms with Crippen LogP contribution in [0.4, 0.5) is 4.79 Å². The molecule has 2 amide bonds. The molecule has 0 atom stereocenters. The summed E-state index contributed by atoms with van der Waals surface area (Å²) >= 11 is 0. The fourth-order valence-corrected chi connectivity index (χ4v) is 3.61. The Morgan fingerprint density at radius 1 is 1.05 bits per heavy atom. The van der Waals surface area contributed by atoms with E-state index in [9.17, 15) is 9.59 Å². The number of aliphatic carboxylic acids is 1. The molecule has 2 saturated carbocycles. The summed E-state index contributed by atoms with van der Waals surface area (Å²) in [5, 5.41) is 12.0. The second-order valence-electron chi connectivity index (χ2n) is 6.72. The van der Waals surface area contributed by atoms with Crippen LogP contribution in [0.25, 0.3) is 0 Å². The van der Waals surface area contributed by atoms with Crippen LogP contribution in [-0.4, -0.2) is 41.6 Å². The molecular formula is C16H28N2O3. The van der Waals surface area contributed by atoms with Gasteiger partial charge in [-0.1, -0.05) is 19.3 Å². The molecule has 2 aliphatic rings. The minimum absolute atomic E-state index is 0.000603. The lowest BCUT2D eigenvalue weighted by Crippen LogP contribution is -2.46. The van der Waals surface area contributed by atoms with Gasteiger partial charge < -0.3 is 15.3 Å². The Hall–Kier alpha value is -1.26. The Labute approximate surface area is 127 Å². The monoisotopic (exact) mass is 296 g/mol.